The number of ketones is 1. The SMILES string of the molecule is CCN(/C=C/C=C1/CCc2ccccc2C1=O)CC. The topological polar surface area (TPSA) is 20.3 Å². The molecule has 2 heteroatoms. The van der Waals surface area contributed by atoms with Crippen LogP contribution in [0.1, 0.15) is 36.2 Å². The van der Waals surface area contributed by atoms with Gasteiger partial charge in [0, 0.05) is 24.2 Å². The number of allylic oxidation sites excluding steroid dienone is 3. The number of carbonyl (C=O) groups is 1. The molecule has 19 heavy (non-hydrogen) atoms. The third-order valence-electron chi connectivity index (χ3n) is 3.62. The summed E-state index contributed by atoms with van der Waals surface area (Å²) in [7, 11) is 0. The zero-order chi connectivity index (χ0) is 13.7. The monoisotopic (exact) mass is 255 g/mol. The van der Waals surface area contributed by atoms with E-state index in [1.165, 1.54) is 5.56 Å². The van der Waals surface area contributed by atoms with Crippen LogP contribution in [0.25, 0.3) is 0 Å². The highest BCUT2D eigenvalue weighted by atomic mass is 16.1. The lowest BCUT2D eigenvalue weighted by molar-refractivity contribution is 0.102. The number of carbonyl (C=O) groups excluding carboxylic acids is 1. The molecule has 0 amide bonds. The molecule has 0 N–H and O–H groups in total. The highest BCUT2D eigenvalue weighted by Gasteiger charge is 2.20. The largest absolute Gasteiger partial charge is 0.378 e. The van der Waals surface area contributed by atoms with Crippen molar-refractivity contribution in [2.24, 2.45) is 0 Å². The third-order valence-corrected chi connectivity index (χ3v) is 3.62. The molecule has 1 aromatic rings. The summed E-state index contributed by atoms with van der Waals surface area (Å²) in [6.45, 7) is 6.24. The fourth-order valence-corrected chi connectivity index (χ4v) is 2.39. The maximum atomic E-state index is 12.3. The molecule has 1 aliphatic rings. The number of fused-ring (bicyclic) bond motifs is 1. The second-order valence-electron chi connectivity index (χ2n) is 4.74. The van der Waals surface area contributed by atoms with Crippen LogP contribution in [0.4, 0.5) is 0 Å². The lowest BCUT2D eigenvalue weighted by Gasteiger charge is -2.17. The molecule has 0 saturated heterocycles. The van der Waals surface area contributed by atoms with Crippen LogP contribution in [0, 0.1) is 0 Å². The number of nitrogens with zero attached hydrogens (tertiary/aromatic N) is 1. The van der Waals surface area contributed by atoms with Crippen LogP contribution in [-0.2, 0) is 6.42 Å². The van der Waals surface area contributed by atoms with Gasteiger partial charge in [0.15, 0.2) is 5.78 Å². The van der Waals surface area contributed by atoms with Crippen LogP contribution in [-0.4, -0.2) is 23.8 Å². The Balaban J connectivity index is 2.14. The zero-order valence-corrected chi connectivity index (χ0v) is 11.7. The Kier molecular flexibility index (Phi) is 4.56. The smallest absolute Gasteiger partial charge is 0.189 e. The fourth-order valence-electron chi connectivity index (χ4n) is 2.39. The van der Waals surface area contributed by atoms with E-state index < -0.39 is 0 Å². The Morgan fingerprint density at radius 1 is 1.16 bits per heavy atom. The zero-order valence-electron chi connectivity index (χ0n) is 11.7. The van der Waals surface area contributed by atoms with Crippen molar-refractivity contribution >= 4 is 5.78 Å². The summed E-state index contributed by atoms with van der Waals surface area (Å²) in [5.74, 6) is 0.186. The van der Waals surface area contributed by atoms with Crippen LogP contribution in [0.3, 0.4) is 0 Å². The fraction of sp³-hybridized carbons (Fsp3) is 0.353. The molecule has 100 valence electrons. The molecule has 0 unspecified atom stereocenters. The standard InChI is InChI=1S/C17H21NO/c1-3-18(4-2)13-7-9-15-12-11-14-8-5-6-10-16(14)17(15)19/h5-10,13H,3-4,11-12H2,1-2H3/b13-7+,15-9-. The van der Waals surface area contributed by atoms with Gasteiger partial charge in [0.2, 0.25) is 0 Å². The molecule has 0 heterocycles. The maximum absolute atomic E-state index is 12.3. The van der Waals surface area contributed by atoms with Gasteiger partial charge in [-0.2, -0.15) is 0 Å². The second-order valence-corrected chi connectivity index (χ2v) is 4.74. The van der Waals surface area contributed by atoms with Gasteiger partial charge in [-0.3, -0.25) is 4.79 Å². The van der Waals surface area contributed by atoms with E-state index in [4.69, 9.17) is 0 Å². The summed E-state index contributed by atoms with van der Waals surface area (Å²) in [5, 5.41) is 0. The molecule has 2 rings (SSSR count). The lowest BCUT2D eigenvalue weighted by Crippen LogP contribution is -2.15. The average Bonchev–Trinajstić information content (AvgIpc) is 2.46. The Labute approximate surface area is 115 Å². The minimum absolute atomic E-state index is 0.186. The van der Waals surface area contributed by atoms with E-state index in [1.807, 2.05) is 30.4 Å². The van der Waals surface area contributed by atoms with Gasteiger partial charge < -0.3 is 4.90 Å². The van der Waals surface area contributed by atoms with E-state index in [0.717, 1.165) is 37.1 Å². The molecule has 0 aliphatic heterocycles. The molecule has 1 aromatic carbocycles. The Morgan fingerprint density at radius 2 is 1.89 bits per heavy atom. The third kappa shape index (κ3) is 3.14. The van der Waals surface area contributed by atoms with Crippen LogP contribution in [0.5, 0.6) is 0 Å². The van der Waals surface area contributed by atoms with Gasteiger partial charge in [-0.15, -0.1) is 0 Å². The van der Waals surface area contributed by atoms with Crippen LogP contribution >= 0.6 is 0 Å². The van der Waals surface area contributed by atoms with Crippen molar-refractivity contribution in [2.45, 2.75) is 26.7 Å². The summed E-state index contributed by atoms with van der Waals surface area (Å²) in [6, 6.07) is 7.92. The number of aryl methyl sites for hydroxylation is 1. The van der Waals surface area contributed by atoms with Crippen molar-refractivity contribution in [2.75, 3.05) is 13.1 Å². The van der Waals surface area contributed by atoms with E-state index in [9.17, 15) is 4.79 Å². The molecule has 2 nitrogen and oxygen atoms in total. The molecule has 0 bridgehead atoms. The van der Waals surface area contributed by atoms with Crippen molar-refractivity contribution in [3.8, 4) is 0 Å². The molecule has 0 spiro atoms. The van der Waals surface area contributed by atoms with Gasteiger partial charge in [0.05, 0.1) is 0 Å². The summed E-state index contributed by atoms with van der Waals surface area (Å²) in [5.41, 5.74) is 2.97. The molecular formula is C17H21NO. The summed E-state index contributed by atoms with van der Waals surface area (Å²) in [6.07, 6.45) is 7.83. The van der Waals surface area contributed by atoms with Crippen LogP contribution in [0.2, 0.25) is 0 Å². The number of rotatable bonds is 4. The Hall–Kier alpha value is -1.83. The molecule has 0 saturated carbocycles. The number of benzene rings is 1. The molecule has 0 aromatic heterocycles. The molecule has 1 aliphatic carbocycles. The van der Waals surface area contributed by atoms with Crippen LogP contribution < -0.4 is 0 Å². The predicted octanol–water partition coefficient (Wildman–Crippen LogP) is 3.60. The number of hydrogen-bond acceptors (Lipinski definition) is 2. The minimum atomic E-state index is 0.186. The van der Waals surface area contributed by atoms with Crippen molar-refractivity contribution in [1.29, 1.82) is 0 Å². The first-order valence-corrected chi connectivity index (χ1v) is 7.00. The van der Waals surface area contributed by atoms with E-state index in [2.05, 4.69) is 31.0 Å². The Bertz CT molecular complexity index is 510. The molecule has 0 radical (unpaired) electrons. The van der Waals surface area contributed by atoms with Gasteiger partial charge in [-0.05, 0) is 44.5 Å². The quantitative estimate of drug-likeness (QED) is 0.766. The highest BCUT2D eigenvalue weighted by molar-refractivity contribution is 6.10. The predicted molar refractivity (Wildman–Crippen MR) is 79.2 cm³/mol. The van der Waals surface area contributed by atoms with E-state index >= 15 is 0 Å². The molecular weight excluding hydrogens is 234 g/mol. The highest BCUT2D eigenvalue weighted by Crippen LogP contribution is 2.24. The maximum Gasteiger partial charge on any atom is 0.189 e. The van der Waals surface area contributed by atoms with Gasteiger partial charge in [0.25, 0.3) is 0 Å². The lowest BCUT2D eigenvalue weighted by atomic mass is 9.87. The summed E-state index contributed by atoms with van der Waals surface area (Å²) >= 11 is 0. The number of Topliss-reactive ketones (excluding diaryl/α,β-unsaturated/α-hetero) is 1. The van der Waals surface area contributed by atoms with Gasteiger partial charge in [-0.25, -0.2) is 0 Å². The molecule has 0 atom stereocenters. The average molecular weight is 255 g/mol. The second kappa shape index (κ2) is 6.37. The molecule has 0 fully saturated rings. The van der Waals surface area contributed by atoms with Crippen molar-refractivity contribution in [3.63, 3.8) is 0 Å². The van der Waals surface area contributed by atoms with Crippen molar-refractivity contribution in [1.82, 2.24) is 4.90 Å². The summed E-state index contributed by atoms with van der Waals surface area (Å²) < 4.78 is 0. The van der Waals surface area contributed by atoms with E-state index in [-0.39, 0.29) is 5.78 Å². The first-order valence-electron chi connectivity index (χ1n) is 7.00. The Morgan fingerprint density at radius 3 is 2.63 bits per heavy atom. The van der Waals surface area contributed by atoms with Crippen LogP contribution in [0.15, 0.2) is 48.2 Å². The first kappa shape index (κ1) is 13.6. The number of hydrogen-bond donors (Lipinski definition) is 0. The van der Waals surface area contributed by atoms with E-state index in [1.54, 1.807) is 0 Å². The normalized spacial score (nSPS) is 16.9. The van der Waals surface area contributed by atoms with Crippen molar-refractivity contribution < 1.29 is 4.79 Å². The first-order chi connectivity index (χ1) is 9.26. The van der Waals surface area contributed by atoms with Gasteiger partial charge in [0.1, 0.15) is 0 Å². The van der Waals surface area contributed by atoms with Crippen molar-refractivity contribution in [3.05, 3.63) is 59.3 Å². The van der Waals surface area contributed by atoms with Gasteiger partial charge >= 0.3 is 0 Å². The van der Waals surface area contributed by atoms with Gasteiger partial charge in [-0.1, -0.05) is 30.3 Å². The van der Waals surface area contributed by atoms with E-state index in [0.29, 0.717) is 0 Å². The summed E-state index contributed by atoms with van der Waals surface area (Å²) in [4.78, 5) is 14.5. The minimum Gasteiger partial charge on any atom is -0.378 e.